The normalized spacial score (nSPS) is 10.9. The Hall–Kier alpha value is -3.48. The van der Waals surface area contributed by atoms with Crippen LogP contribution in [0.1, 0.15) is 16.2 Å². The number of aromatic amines is 1. The van der Waals surface area contributed by atoms with Crippen LogP contribution in [0.5, 0.6) is 0 Å². The summed E-state index contributed by atoms with van der Waals surface area (Å²) in [4.78, 5) is 12.7. The van der Waals surface area contributed by atoms with Crippen molar-refractivity contribution < 1.29 is 4.79 Å². The molecule has 0 saturated heterocycles. The van der Waals surface area contributed by atoms with E-state index in [4.69, 9.17) is 0 Å². The highest BCUT2D eigenvalue weighted by molar-refractivity contribution is 6.04. The van der Waals surface area contributed by atoms with Gasteiger partial charge in [-0.05, 0) is 37.3 Å². The molecular formula is C17H14N6O. The third-order valence-electron chi connectivity index (χ3n) is 3.75. The summed E-state index contributed by atoms with van der Waals surface area (Å²) in [5.74, 6) is -0.264. The molecule has 0 aliphatic rings. The standard InChI is InChI=1S/C17H14N6O/c1-11-16(23(22-20-11)14-5-3-2-4-6-14)17(24)19-13-8-7-12-10-18-21-15(12)9-13/h2-10H,1H3,(H,18,21)(H,19,24). The fourth-order valence-corrected chi connectivity index (χ4v) is 2.57. The maximum Gasteiger partial charge on any atom is 0.276 e. The molecule has 2 aromatic heterocycles. The highest BCUT2D eigenvalue weighted by atomic mass is 16.2. The fourth-order valence-electron chi connectivity index (χ4n) is 2.57. The molecule has 0 spiro atoms. The molecule has 0 fully saturated rings. The molecule has 24 heavy (non-hydrogen) atoms. The summed E-state index contributed by atoms with van der Waals surface area (Å²) in [6.45, 7) is 1.76. The predicted octanol–water partition coefficient (Wildman–Crippen LogP) is 2.70. The minimum absolute atomic E-state index is 0.264. The molecule has 1 amide bonds. The second-order valence-corrected chi connectivity index (χ2v) is 5.40. The van der Waals surface area contributed by atoms with Crippen LogP contribution in [0.4, 0.5) is 5.69 Å². The van der Waals surface area contributed by atoms with Crippen molar-refractivity contribution in [2.45, 2.75) is 6.92 Å². The largest absolute Gasteiger partial charge is 0.321 e. The second-order valence-electron chi connectivity index (χ2n) is 5.40. The number of carbonyl (C=O) groups is 1. The van der Waals surface area contributed by atoms with Crippen molar-refractivity contribution in [3.8, 4) is 5.69 Å². The van der Waals surface area contributed by atoms with E-state index in [1.807, 2.05) is 48.5 Å². The second kappa shape index (κ2) is 5.62. The Bertz CT molecular complexity index is 1020. The number of nitrogens with zero attached hydrogens (tertiary/aromatic N) is 4. The van der Waals surface area contributed by atoms with E-state index in [0.717, 1.165) is 16.6 Å². The van der Waals surface area contributed by atoms with Gasteiger partial charge in [-0.2, -0.15) is 5.10 Å². The van der Waals surface area contributed by atoms with Gasteiger partial charge < -0.3 is 5.32 Å². The van der Waals surface area contributed by atoms with Gasteiger partial charge >= 0.3 is 0 Å². The zero-order valence-corrected chi connectivity index (χ0v) is 12.9. The van der Waals surface area contributed by atoms with Crippen molar-refractivity contribution in [3.05, 3.63) is 66.1 Å². The van der Waals surface area contributed by atoms with Crippen LogP contribution >= 0.6 is 0 Å². The Morgan fingerprint density at radius 3 is 2.83 bits per heavy atom. The molecule has 2 N–H and O–H groups in total. The van der Waals surface area contributed by atoms with Crippen LogP contribution in [0, 0.1) is 6.92 Å². The SMILES string of the molecule is Cc1nnn(-c2ccccc2)c1C(=O)Nc1ccc2cn[nH]c2c1. The molecule has 0 radical (unpaired) electrons. The van der Waals surface area contributed by atoms with Gasteiger partial charge in [0.25, 0.3) is 5.91 Å². The predicted molar refractivity (Wildman–Crippen MR) is 90.1 cm³/mol. The first-order valence-electron chi connectivity index (χ1n) is 7.44. The Morgan fingerprint density at radius 2 is 2.00 bits per heavy atom. The summed E-state index contributed by atoms with van der Waals surface area (Å²) in [6.07, 6.45) is 1.74. The van der Waals surface area contributed by atoms with Crippen LogP contribution in [0.15, 0.2) is 54.7 Å². The van der Waals surface area contributed by atoms with Gasteiger partial charge in [0.15, 0.2) is 5.69 Å². The number of H-pyrrole nitrogens is 1. The highest BCUT2D eigenvalue weighted by Crippen LogP contribution is 2.19. The quantitative estimate of drug-likeness (QED) is 0.608. The number of aromatic nitrogens is 5. The minimum atomic E-state index is -0.264. The number of carbonyl (C=O) groups excluding carboxylic acids is 1. The van der Waals surface area contributed by atoms with E-state index < -0.39 is 0 Å². The molecule has 0 aliphatic carbocycles. The molecule has 0 aliphatic heterocycles. The van der Waals surface area contributed by atoms with E-state index in [9.17, 15) is 4.79 Å². The molecule has 7 nitrogen and oxygen atoms in total. The Balaban J connectivity index is 1.68. The molecule has 4 rings (SSSR count). The summed E-state index contributed by atoms with van der Waals surface area (Å²) >= 11 is 0. The first-order chi connectivity index (χ1) is 11.7. The smallest absolute Gasteiger partial charge is 0.276 e. The summed E-state index contributed by atoms with van der Waals surface area (Å²) < 4.78 is 1.54. The van der Waals surface area contributed by atoms with E-state index in [1.165, 1.54) is 0 Å². The monoisotopic (exact) mass is 318 g/mol. The molecular weight excluding hydrogens is 304 g/mol. The molecule has 0 atom stereocenters. The summed E-state index contributed by atoms with van der Waals surface area (Å²) in [5.41, 5.74) is 3.30. The van der Waals surface area contributed by atoms with Crippen LogP contribution < -0.4 is 5.32 Å². The van der Waals surface area contributed by atoms with Crippen LogP contribution in [-0.2, 0) is 0 Å². The van der Waals surface area contributed by atoms with Crippen LogP contribution in [0.2, 0.25) is 0 Å². The molecule has 2 aromatic carbocycles. The molecule has 7 heteroatoms. The summed E-state index contributed by atoms with van der Waals surface area (Å²) in [7, 11) is 0. The number of anilines is 1. The molecule has 0 unspecified atom stereocenters. The average molecular weight is 318 g/mol. The topological polar surface area (TPSA) is 88.5 Å². The lowest BCUT2D eigenvalue weighted by molar-refractivity contribution is 0.101. The van der Waals surface area contributed by atoms with E-state index in [2.05, 4.69) is 25.8 Å². The first kappa shape index (κ1) is 14.1. The van der Waals surface area contributed by atoms with Gasteiger partial charge in [0, 0.05) is 11.1 Å². The lowest BCUT2D eigenvalue weighted by Crippen LogP contribution is -2.18. The first-order valence-corrected chi connectivity index (χ1v) is 7.44. The van der Waals surface area contributed by atoms with E-state index in [1.54, 1.807) is 17.8 Å². The number of rotatable bonds is 3. The van der Waals surface area contributed by atoms with Crippen molar-refractivity contribution in [2.24, 2.45) is 0 Å². The van der Waals surface area contributed by atoms with Gasteiger partial charge in [0.2, 0.25) is 0 Å². The minimum Gasteiger partial charge on any atom is -0.321 e. The van der Waals surface area contributed by atoms with Gasteiger partial charge in [-0.15, -0.1) is 5.10 Å². The van der Waals surface area contributed by atoms with Gasteiger partial charge in [-0.3, -0.25) is 9.89 Å². The van der Waals surface area contributed by atoms with Gasteiger partial charge in [0.1, 0.15) is 0 Å². The number of nitrogens with one attached hydrogen (secondary N) is 2. The van der Waals surface area contributed by atoms with E-state index >= 15 is 0 Å². The maximum absolute atomic E-state index is 12.7. The highest BCUT2D eigenvalue weighted by Gasteiger charge is 2.19. The number of hydrogen-bond donors (Lipinski definition) is 2. The molecule has 0 saturated carbocycles. The van der Waals surface area contributed by atoms with Crippen molar-refractivity contribution >= 4 is 22.5 Å². The van der Waals surface area contributed by atoms with Gasteiger partial charge in [-0.25, -0.2) is 4.68 Å². The van der Waals surface area contributed by atoms with Crippen molar-refractivity contribution in [1.29, 1.82) is 0 Å². The van der Waals surface area contributed by atoms with Gasteiger partial charge in [-0.1, -0.05) is 23.4 Å². The molecule has 0 bridgehead atoms. The van der Waals surface area contributed by atoms with Crippen LogP contribution in [-0.4, -0.2) is 31.1 Å². The van der Waals surface area contributed by atoms with E-state index in [-0.39, 0.29) is 5.91 Å². The lowest BCUT2D eigenvalue weighted by atomic mass is 10.2. The molecule has 2 heterocycles. The number of para-hydroxylation sites is 1. The zero-order chi connectivity index (χ0) is 16.5. The van der Waals surface area contributed by atoms with Crippen molar-refractivity contribution in [2.75, 3.05) is 5.32 Å². The van der Waals surface area contributed by atoms with Crippen molar-refractivity contribution in [3.63, 3.8) is 0 Å². The fraction of sp³-hybridized carbons (Fsp3) is 0.0588. The van der Waals surface area contributed by atoms with Crippen molar-refractivity contribution in [1.82, 2.24) is 25.2 Å². The Morgan fingerprint density at radius 1 is 1.17 bits per heavy atom. The number of benzene rings is 2. The molecule has 4 aromatic rings. The number of amides is 1. The summed E-state index contributed by atoms with van der Waals surface area (Å²) in [6, 6.07) is 15.0. The van der Waals surface area contributed by atoms with Crippen LogP contribution in [0.25, 0.3) is 16.6 Å². The Kier molecular flexibility index (Phi) is 3.31. The van der Waals surface area contributed by atoms with Gasteiger partial charge in [0.05, 0.1) is 23.1 Å². The van der Waals surface area contributed by atoms with E-state index in [0.29, 0.717) is 17.1 Å². The Labute approximate surface area is 137 Å². The zero-order valence-electron chi connectivity index (χ0n) is 12.9. The third kappa shape index (κ3) is 2.41. The lowest BCUT2D eigenvalue weighted by Gasteiger charge is -2.08. The third-order valence-corrected chi connectivity index (χ3v) is 3.75. The maximum atomic E-state index is 12.7. The number of hydrogen-bond acceptors (Lipinski definition) is 4. The number of aryl methyl sites for hydroxylation is 1. The molecule has 118 valence electrons. The van der Waals surface area contributed by atoms with Crippen LogP contribution in [0.3, 0.4) is 0 Å². The number of fused-ring (bicyclic) bond motifs is 1. The average Bonchev–Trinajstić information content (AvgIpc) is 3.21. The summed E-state index contributed by atoms with van der Waals surface area (Å²) in [5, 5.41) is 18.9.